The maximum atomic E-state index is 12.5. The summed E-state index contributed by atoms with van der Waals surface area (Å²) in [5.74, 6) is 0.283. The van der Waals surface area contributed by atoms with E-state index >= 15 is 0 Å². The van der Waals surface area contributed by atoms with Crippen molar-refractivity contribution in [1.29, 1.82) is 0 Å². The van der Waals surface area contributed by atoms with E-state index in [4.69, 9.17) is 23.2 Å². The van der Waals surface area contributed by atoms with Gasteiger partial charge in [-0.05, 0) is 37.3 Å². The Kier molecular flexibility index (Phi) is 4.92. The molecule has 0 radical (unpaired) electrons. The smallest absolute Gasteiger partial charge is 0.265 e. The van der Waals surface area contributed by atoms with Crippen molar-refractivity contribution in [2.75, 3.05) is 16.6 Å². The van der Waals surface area contributed by atoms with Gasteiger partial charge in [0, 0.05) is 17.8 Å². The number of nitrogens with one attached hydrogen (secondary N) is 2. The summed E-state index contributed by atoms with van der Waals surface area (Å²) in [6.45, 7) is 2.41. The minimum absolute atomic E-state index is 0.0443. The van der Waals surface area contributed by atoms with Crippen LogP contribution in [0.2, 0.25) is 10.0 Å². The third-order valence-corrected chi connectivity index (χ3v) is 4.54. The summed E-state index contributed by atoms with van der Waals surface area (Å²) in [4.78, 5) is 4.07. The van der Waals surface area contributed by atoms with Gasteiger partial charge in [0.2, 0.25) is 0 Å². The van der Waals surface area contributed by atoms with Crippen molar-refractivity contribution in [2.24, 2.45) is 0 Å². The molecule has 0 amide bonds. The zero-order chi connectivity index (χ0) is 15.5. The maximum absolute atomic E-state index is 12.5. The van der Waals surface area contributed by atoms with E-state index in [-0.39, 0.29) is 21.4 Å². The molecule has 5 nitrogen and oxygen atoms in total. The van der Waals surface area contributed by atoms with Crippen molar-refractivity contribution in [1.82, 2.24) is 4.98 Å². The summed E-state index contributed by atoms with van der Waals surface area (Å²) in [7, 11) is -3.82. The molecule has 0 saturated carbocycles. The number of hydrogen-bond acceptors (Lipinski definition) is 4. The summed E-state index contributed by atoms with van der Waals surface area (Å²) >= 11 is 11.8. The number of benzene rings is 1. The molecule has 2 N–H and O–H groups in total. The number of aromatic nitrogens is 1. The number of rotatable bonds is 5. The van der Waals surface area contributed by atoms with Gasteiger partial charge in [-0.3, -0.25) is 4.72 Å². The van der Waals surface area contributed by atoms with E-state index in [0.29, 0.717) is 11.6 Å². The van der Waals surface area contributed by atoms with Crippen LogP contribution in [0.4, 0.5) is 11.5 Å². The molecule has 0 aliphatic rings. The molecule has 0 atom stereocenters. The maximum Gasteiger partial charge on any atom is 0.265 e. The molecular formula is C13H13Cl2N3O2S. The van der Waals surface area contributed by atoms with Crippen LogP contribution < -0.4 is 10.0 Å². The average Bonchev–Trinajstić information content (AvgIpc) is 2.43. The minimum atomic E-state index is -3.82. The van der Waals surface area contributed by atoms with Crippen LogP contribution in [0, 0.1) is 0 Å². The fourth-order valence-electron chi connectivity index (χ4n) is 1.68. The van der Waals surface area contributed by atoms with E-state index in [1.54, 1.807) is 12.1 Å². The molecule has 0 saturated heterocycles. The molecular weight excluding hydrogens is 333 g/mol. The summed E-state index contributed by atoms with van der Waals surface area (Å²) in [5, 5.41) is 3.55. The van der Waals surface area contributed by atoms with Crippen LogP contribution in [0.15, 0.2) is 41.4 Å². The first-order valence-electron chi connectivity index (χ1n) is 6.11. The SMILES string of the molecule is CCNc1ncccc1S(=O)(=O)Nc1cc(Cl)ccc1Cl. The number of pyridine rings is 1. The highest BCUT2D eigenvalue weighted by Gasteiger charge is 2.20. The molecule has 21 heavy (non-hydrogen) atoms. The van der Waals surface area contributed by atoms with Crippen LogP contribution in [0.5, 0.6) is 0 Å². The molecule has 8 heteroatoms. The van der Waals surface area contributed by atoms with Crippen molar-refractivity contribution in [2.45, 2.75) is 11.8 Å². The van der Waals surface area contributed by atoms with E-state index in [9.17, 15) is 8.42 Å². The van der Waals surface area contributed by atoms with E-state index < -0.39 is 10.0 Å². The second-order valence-electron chi connectivity index (χ2n) is 4.11. The van der Waals surface area contributed by atoms with Gasteiger partial charge >= 0.3 is 0 Å². The van der Waals surface area contributed by atoms with E-state index in [1.807, 2.05) is 6.92 Å². The Hall–Kier alpha value is -1.50. The standard InChI is InChI=1S/C13H13Cl2N3O2S/c1-2-16-13-12(4-3-7-17-13)21(19,20)18-11-8-9(14)5-6-10(11)15/h3-8,18H,2H2,1H3,(H,16,17). The largest absolute Gasteiger partial charge is 0.369 e. The zero-order valence-corrected chi connectivity index (χ0v) is 13.4. The third kappa shape index (κ3) is 3.78. The lowest BCUT2D eigenvalue weighted by Crippen LogP contribution is -2.16. The highest BCUT2D eigenvalue weighted by atomic mass is 35.5. The minimum Gasteiger partial charge on any atom is -0.369 e. The number of halogens is 2. The molecule has 0 spiro atoms. The Bertz CT molecular complexity index is 751. The highest BCUT2D eigenvalue weighted by Crippen LogP contribution is 2.29. The van der Waals surface area contributed by atoms with Gasteiger partial charge in [-0.15, -0.1) is 0 Å². The van der Waals surface area contributed by atoms with Crippen LogP contribution in [0.3, 0.4) is 0 Å². The fraction of sp³-hybridized carbons (Fsp3) is 0.154. The Morgan fingerprint density at radius 1 is 1.24 bits per heavy atom. The number of hydrogen-bond donors (Lipinski definition) is 2. The monoisotopic (exact) mass is 345 g/mol. The Labute approximate surface area is 133 Å². The first-order chi connectivity index (χ1) is 9.94. The molecule has 0 unspecified atom stereocenters. The fourth-order valence-corrected chi connectivity index (χ4v) is 3.28. The van der Waals surface area contributed by atoms with Gasteiger partial charge in [0.1, 0.15) is 10.7 Å². The van der Waals surface area contributed by atoms with E-state index in [2.05, 4.69) is 15.0 Å². The van der Waals surface area contributed by atoms with Crippen molar-refractivity contribution in [3.05, 3.63) is 46.6 Å². The van der Waals surface area contributed by atoms with Crippen LogP contribution in [0.25, 0.3) is 0 Å². The number of anilines is 2. The van der Waals surface area contributed by atoms with E-state index in [1.165, 1.54) is 24.4 Å². The molecule has 112 valence electrons. The molecule has 0 aliphatic carbocycles. The predicted octanol–water partition coefficient (Wildman–Crippen LogP) is 3.62. The molecule has 0 bridgehead atoms. The van der Waals surface area contributed by atoms with Gasteiger partial charge in [0.15, 0.2) is 0 Å². The first-order valence-corrected chi connectivity index (χ1v) is 8.34. The van der Waals surface area contributed by atoms with Crippen molar-refractivity contribution in [3.8, 4) is 0 Å². The van der Waals surface area contributed by atoms with Crippen molar-refractivity contribution >= 4 is 44.7 Å². The van der Waals surface area contributed by atoms with Gasteiger partial charge in [0.25, 0.3) is 10.0 Å². The van der Waals surface area contributed by atoms with Gasteiger partial charge < -0.3 is 5.32 Å². The highest BCUT2D eigenvalue weighted by molar-refractivity contribution is 7.92. The topological polar surface area (TPSA) is 71.1 Å². The Morgan fingerprint density at radius 3 is 2.71 bits per heavy atom. The van der Waals surface area contributed by atoms with Gasteiger partial charge in [-0.2, -0.15) is 0 Å². The zero-order valence-electron chi connectivity index (χ0n) is 11.1. The van der Waals surface area contributed by atoms with Crippen LogP contribution in [-0.4, -0.2) is 19.9 Å². The lowest BCUT2D eigenvalue weighted by molar-refractivity contribution is 0.601. The molecule has 2 rings (SSSR count). The lowest BCUT2D eigenvalue weighted by atomic mass is 10.3. The normalized spacial score (nSPS) is 11.2. The summed E-state index contributed by atoms with van der Waals surface area (Å²) < 4.78 is 27.4. The summed E-state index contributed by atoms with van der Waals surface area (Å²) in [5.41, 5.74) is 0.218. The Balaban J connectivity index is 2.41. The van der Waals surface area contributed by atoms with E-state index in [0.717, 1.165) is 0 Å². The van der Waals surface area contributed by atoms with Crippen LogP contribution in [-0.2, 0) is 10.0 Å². The van der Waals surface area contributed by atoms with Gasteiger partial charge in [-0.25, -0.2) is 13.4 Å². The van der Waals surface area contributed by atoms with Crippen LogP contribution >= 0.6 is 23.2 Å². The second kappa shape index (κ2) is 6.51. The van der Waals surface area contributed by atoms with Gasteiger partial charge in [0.05, 0.1) is 10.7 Å². The van der Waals surface area contributed by atoms with Crippen molar-refractivity contribution in [3.63, 3.8) is 0 Å². The van der Waals surface area contributed by atoms with Gasteiger partial charge in [-0.1, -0.05) is 23.2 Å². The molecule has 1 heterocycles. The third-order valence-electron chi connectivity index (χ3n) is 2.58. The quantitative estimate of drug-likeness (QED) is 0.867. The van der Waals surface area contributed by atoms with Crippen LogP contribution in [0.1, 0.15) is 6.92 Å². The predicted molar refractivity (Wildman–Crippen MR) is 85.7 cm³/mol. The summed E-state index contributed by atoms with van der Waals surface area (Å²) in [6.07, 6.45) is 1.52. The number of sulfonamides is 1. The summed E-state index contributed by atoms with van der Waals surface area (Å²) in [6, 6.07) is 7.57. The molecule has 0 fully saturated rings. The average molecular weight is 346 g/mol. The first kappa shape index (κ1) is 15.9. The molecule has 0 aliphatic heterocycles. The Morgan fingerprint density at radius 2 is 2.00 bits per heavy atom. The lowest BCUT2D eigenvalue weighted by Gasteiger charge is -2.13. The number of nitrogens with zero attached hydrogens (tertiary/aromatic N) is 1. The second-order valence-corrected chi connectivity index (χ2v) is 6.60. The molecule has 1 aromatic carbocycles. The molecule has 1 aromatic heterocycles. The molecule has 2 aromatic rings. The van der Waals surface area contributed by atoms with Crippen molar-refractivity contribution < 1.29 is 8.42 Å².